The molecule has 2 aromatic rings. The third-order valence-electron chi connectivity index (χ3n) is 3.36. The number of benzene rings is 1. The van der Waals surface area contributed by atoms with Crippen molar-refractivity contribution in [1.82, 2.24) is 15.5 Å². The second kappa shape index (κ2) is 5.03. The molecule has 0 bridgehead atoms. The molecule has 0 aliphatic carbocycles. The first kappa shape index (κ1) is 13.9. The minimum absolute atomic E-state index is 0.0505. The predicted molar refractivity (Wildman–Crippen MR) is 66.4 cm³/mol. The van der Waals surface area contributed by atoms with Gasteiger partial charge < -0.3 is 14.9 Å². The fraction of sp³-hybridized carbons (Fsp3) is 0.385. The van der Waals surface area contributed by atoms with E-state index in [2.05, 4.69) is 15.5 Å². The first-order chi connectivity index (χ1) is 9.95. The van der Waals surface area contributed by atoms with Gasteiger partial charge in [-0.1, -0.05) is 5.16 Å². The number of aromatic nitrogens is 2. The van der Waals surface area contributed by atoms with Crippen molar-refractivity contribution >= 4 is 0 Å². The number of rotatable bonds is 2. The summed E-state index contributed by atoms with van der Waals surface area (Å²) >= 11 is 0. The molecule has 21 heavy (non-hydrogen) atoms. The van der Waals surface area contributed by atoms with Crippen molar-refractivity contribution in [3.8, 4) is 17.1 Å². The number of hydrogen-bond acceptors (Lipinski definition) is 5. The molecule has 3 rings (SSSR count). The second-order valence-electron chi connectivity index (χ2n) is 4.83. The average Bonchev–Trinajstić information content (AvgIpc) is 3.09. The van der Waals surface area contributed by atoms with E-state index < -0.39 is 17.5 Å². The molecule has 1 saturated heterocycles. The van der Waals surface area contributed by atoms with Gasteiger partial charge in [-0.25, -0.2) is 0 Å². The normalized spacial score (nSPS) is 19.1. The van der Waals surface area contributed by atoms with E-state index in [1.54, 1.807) is 0 Å². The molecule has 2 N–H and O–H groups in total. The molecule has 2 heterocycles. The fourth-order valence-electron chi connectivity index (χ4n) is 2.29. The Bertz CT molecular complexity index is 648. The molecule has 1 aromatic carbocycles. The summed E-state index contributed by atoms with van der Waals surface area (Å²) in [6.45, 7) is 0.847. The van der Waals surface area contributed by atoms with Crippen LogP contribution in [0.1, 0.15) is 30.3 Å². The van der Waals surface area contributed by atoms with Crippen molar-refractivity contribution < 1.29 is 22.8 Å². The van der Waals surface area contributed by atoms with Crippen LogP contribution in [0.5, 0.6) is 5.75 Å². The topological polar surface area (TPSA) is 71.2 Å². The molecule has 112 valence electrons. The van der Waals surface area contributed by atoms with Crippen LogP contribution in [0.25, 0.3) is 11.4 Å². The summed E-state index contributed by atoms with van der Waals surface area (Å²) < 4.78 is 43.4. The summed E-state index contributed by atoms with van der Waals surface area (Å²) in [5, 5.41) is 16.2. The maximum absolute atomic E-state index is 12.8. The minimum Gasteiger partial charge on any atom is -0.507 e. The van der Waals surface area contributed by atoms with Gasteiger partial charge in [0.2, 0.25) is 11.7 Å². The monoisotopic (exact) mass is 299 g/mol. The summed E-state index contributed by atoms with van der Waals surface area (Å²) in [5.74, 6) is -0.388. The van der Waals surface area contributed by atoms with E-state index >= 15 is 0 Å². The van der Waals surface area contributed by atoms with E-state index in [4.69, 9.17) is 4.52 Å². The summed E-state index contributed by atoms with van der Waals surface area (Å²) in [4.78, 5) is 4.13. The zero-order chi connectivity index (χ0) is 15.0. The Kier molecular flexibility index (Phi) is 3.32. The number of halogens is 3. The van der Waals surface area contributed by atoms with Crippen LogP contribution in [0.15, 0.2) is 22.7 Å². The van der Waals surface area contributed by atoms with Crippen LogP contribution in [0, 0.1) is 0 Å². The van der Waals surface area contributed by atoms with Crippen LogP contribution < -0.4 is 5.32 Å². The quantitative estimate of drug-likeness (QED) is 0.892. The zero-order valence-electron chi connectivity index (χ0n) is 10.8. The van der Waals surface area contributed by atoms with E-state index in [9.17, 15) is 18.3 Å². The van der Waals surface area contributed by atoms with Crippen LogP contribution in [-0.4, -0.2) is 21.8 Å². The van der Waals surface area contributed by atoms with Gasteiger partial charge in [0.15, 0.2) is 0 Å². The molecule has 1 atom stereocenters. The van der Waals surface area contributed by atoms with Crippen LogP contribution in [0.3, 0.4) is 0 Å². The number of phenols is 1. The Labute approximate surface area is 117 Å². The largest absolute Gasteiger partial charge is 0.507 e. The van der Waals surface area contributed by atoms with Gasteiger partial charge in [-0.05, 0) is 37.6 Å². The number of nitrogens with zero attached hydrogens (tertiary/aromatic N) is 2. The molecular formula is C13H12F3N3O2. The van der Waals surface area contributed by atoms with Gasteiger partial charge in [0.1, 0.15) is 5.75 Å². The molecule has 1 aliphatic heterocycles. The summed E-state index contributed by atoms with van der Waals surface area (Å²) in [6, 6.07) is 3.06. The van der Waals surface area contributed by atoms with Gasteiger partial charge in [0.05, 0.1) is 11.6 Å². The summed E-state index contributed by atoms with van der Waals surface area (Å²) in [5.41, 5.74) is -0.974. The number of phenolic OH excluding ortho intramolecular Hbond substituents is 1. The van der Waals surface area contributed by atoms with Gasteiger partial charge in [-0.2, -0.15) is 18.2 Å². The van der Waals surface area contributed by atoms with Crippen LogP contribution in [0.2, 0.25) is 0 Å². The highest BCUT2D eigenvalue weighted by Crippen LogP contribution is 2.37. The first-order valence-corrected chi connectivity index (χ1v) is 6.43. The van der Waals surface area contributed by atoms with E-state index in [1.807, 2.05) is 0 Å². The molecule has 5 nitrogen and oxygen atoms in total. The molecule has 1 fully saturated rings. The number of hydrogen-bond donors (Lipinski definition) is 2. The number of nitrogens with one attached hydrogen (secondary N) is 1. The first-order valence-electron chi connectivity index (χ1n) is 6.43. The van der Waals surface area contributed by atoms with Crippen LogP contribution >= 0.6 is 0 Å². The zero-order valence-corrected chi connectivity index (χ0v) is 10.8. The van der Waals surface area contributed by atoms with E-state index in [1.165, 1.54) is 6.07 Å². The SMILES string of the molecule is Oc1ccc(-c2noc([C@@H]3CCCN3)n2)cc1C(F)(F)F. The smallest absolute Gasteiger partial charge is 0.419 e. The third-order valence-corrected chi connectivity index (χ3v) is 3.36. The lowest BCUT2D eigenvalue weighted by Crippen LogP contribution is -2.13. The van der Waals surface area contributed by atoms with Gasteiger partial charge >= 0.3 is 6.18 Å². The Hall–Kier alpha value is -2.09. The molecule has 1 aliphatic rings. The standard InChI is InChI=1S/C13H12F3N3O2/c14-13(15,16)8-6-7(3-4-10(8)20)11-18-12(21-19-11)9-2-1-5-17-9/h3-4,6,9,17,20H,1-2,5H2/t9-/m0/s1. The molecule has 0 saturated carbocycles. The number of alkyl halides is 3. The predicted octanol–water partition coefficient (Wildman–Crippen LogP) is 2.89. The highest BCUT2D eigenvalue weighted by molar-refractivity contribution is 5.58. The average molecular weight is 299 g/mol. The van der Waals surface area contributed by atoms with Crippen molar-refractivity contribution in [1.29, 1.82) is 0 Å². The lowest BCUT2D eigenvalue weighted by molar-refractivity contribution is -0.138. The number of aromatic hydroxyl groups is 1. The molecule has 0 radical (unpaired) electrons. The Morgan fingerprint density at radius 1 is 1.33 bits per heavy atom. The highest BCUT2D eigenvalue weighted by atomic mass is 19.4. The Morgan fingerprint density at radius 2 is 2.14 bits per heavy atom. The summed E-state index contributed by atoms with van der Waals surface area (Å²) in [7, 11) is 0. The maximum atomic E-state index is 12.8. The van der Waals surface area contributed by atoms with Crippen molar-refractivity contribution in [3.05, 3.63) is 29.7 Å². The van der Waals surface area contributed by atoms with Crippen molar-refractivity contribution in [2.75, 3.05) is 6.54 Å². The van der Waals surface area contributed by atoms with E-state index in [-0.39, 0.29) is 17.4 Å². The van der Waals surface area contributed by atoms with Crippen molar-refractivity contribution in [2.45, 2.75) is 25.1 Å². The van der Waals surface area contributed by atoms with Crippen molar-refractivity contribution in [3.63, 3.8) is 0 Å². The highest BCUT2D eigenvalue weighted by Gasteiger charge is 2.34. The molecule has 1 aromatic heterocycles. The van der Waals surface area contributed by atoms with Crippen LogP contribution in [-0.2, 0) is 6.18 Å². The van der Waals surface area contributed by atoms with Gasteiger partial charge in [-0.3, -0.25) is 0 Å². The summed E-state index contributed by atoms with van der Waals surface area (Å²) in [6.07, 6.45) is -2.80. The van der Waals surface area contributed by atoms with Crippen molar-refractivity contribution in [2.24, 2.45) is 0 Å². The maximum Gasteiger partial charge on any atom is 0.419 e. The molecule has 8 heteroatoms. The van der Waals surface area contributed by atoms with E-state index in [0.717, 1.165) is 31.5 Å². The molecule has 0 amide bonds. The van der Waals surface area contributed by atoms with Gasteiger partial charge in [0.25, 0.3) is 0 Å². The lowest BCUT2D eigenvalue weighted by Gasteiger charge is -2.09. The Balaban J connectivity index is 1.93. The molecule has 0 unspecified atom stereocenters. The van der Waals surface area contributed by atoms with E-state index in [0.29, 0.717) is 5.89 Å². The lowest BCUT2D eigenvalue weighted by atomic mass is 10.1. The van der Waals surface area contributed by atoms with Gasteiger partial charge in [-0.15, -0.1) is 0 Å². The molecular weight excluding hydrogens is 287 g/mol. The fourth-order valence-corrected chi connectivity index (χ4v) is 2.29. The minimum atomic E-state index is -4.64. The van der Waals surface area contributed by atoms with Gasteiger partial charge in [0, 0.05) is 5.56 Å². The van der Waals surface area contributed by atoms with Crippen LogP contribution in [0.4, 0.5) is 13.2 Å². The second-order valence-corrected chi connectivity index (χ2v) is 4.83. The Morgan fingerprint density at radius 3 is 2.81 bits per heavy atom. The molecule has 0 spiro atoms. The third kappa shape index (κ3) is 2.71.